The lowest BCUT2D eigenvalue weighted by atomic mass is 10.1. The van der Waals surface area contributed by atoms with Crippen molar-refractivity contribution in [3.05, 3.63) is 45.0 Å². The van der Waals surface area contributed by atoms with E-state index in [0.29, 0.717) is 0 Å². The molecule has 1 aromatic carbocycles. The zero-order valence-electron chi connectivity index (χ0n) is 9.24. The maximum atomic E-state index is 12.2. The van der Waals surface area contributed by atoms with Crippen molar-refractivity contribution in [3.63, 3.8) is 0 Å². The van der Waals surface area contributed by atoms with Crippen LogP contribution in [0.25, 0.3) is 0 Å². The fourth-order valence-corrected chi connectivity index (χ4v) is 2.43. The summed E-state index contributed by atoms with van der Waals surface area (Å²) in [4.78, 5) is 14.1. The quantitative estimate of drug-likeness (QED) is 0.573. The third kappa shape index (κ3) is 2.64. The zero-order valence-corrected chi connectivity index (χ0v) is 11.4. The van der Waals surface area contributed by atoms with Crippen LogP contribution in [0.15, 0.2) is 35.9 Å². The molecule has 16 heavy (non-hydrogen) atoms. The lowest BCUT2D eigenvalue weighted by molar-refractivity contribution is 0.0766. The topological polar surface area (TPSA) is 20.3 Å². The van der Waals surface area contributed by atoms with E-state index in [-0.39, 0.29) is 5.91 Å². The second kappa shape index (κ2) is 4.99. The van der Waals surface area contributed by atoms with E-state index in [2.05, 4.69) is 35.6 Å². The summed E-state index contributed by atoms with van der Waals surface area (Å²) in [5.74, 6) is 0.144. The largest absolute Gasteiger partial charge is 0.334 e. The molecule has 84 valence electrons. The van der Waals surface area contributed by atoms with E-state index in [4.69, 9.17) is 0 Å². The molecular weight excluding hydrogens is 313 g/mol. The first kappa shape index (κ1) is 11.6. The number of hydrogen-bond donors (Lipinski definition) is 0. The van der Waals surface area contributed by atoms with Gasteiger partial charge in [0, 0.05) is 22.2 Å². The van der Waals surface area contributed by atoms with Crippen molar-refractivity contribution in [2.75, 3.05) is 13.1 Å². The molecule has 2 rings (SSSR count). The second-order valence-electron chi connectivity index (χ2n) is 4.08. The Morgan fingerprint density at radius 2 is 2.25 bits per heavy atom. The number of carbonyl (C=O) groups is 1. The van der Waals surface area contributed by atoms with E-state index in [1.165, 1.54) is 5.57 Å². The smallest absolute Gasteiger partial charge is 0.254 e. The van der Waals surface area contributed by atoms with E-state index in [0.717, 1.165) is 28.6 Å². The fourth-order valence-electron chi connectivity index (χ4n) is 1.89. The van der Waals surface area contributed by atoms with Gasteiger partial charge in [-0.2, -0.15) is 0 Å². The van der Waals surface area contributed by atoms with Crippen molar-refractivity contribution >= 4 is 28.5 Å². The van der Waals surface area contributed by atoms with Gasteiger partial charge in [-0.1, -0.05) is 17.7 Å². The molecule has 0 aliphatic carbocycles. The molecular formula is C13H14INO. The highest BCUT2D eigenvalue weighted by atomic mass is 127. The van der Waals surface area contributed by atoms with Crippen LogP contribution in [0.5, 0.6) is 0 Å². The molecule has 0 unspecified atom stereocenters. The van der Waals surface area contributed by atoms with Crippen LogP contribution < -0.4 is 0 Å². The van der Waals surface area contributed by atoms with Gasteiger partial charge in [0.2, 0.25) is 0 Å². The summed E-state index contributed by atoms with van der Waals surface area (Å²) in [6, 6.07) is 7.76. The molecule has 1 aliphatic heterocycles. The molecule has 1 heterocycles. The summed E-state index contributed by atoms with van der Waals surface area (Å²) in [5, 5.41) is 0. The Morgan fingerprint density at radius 1 is 1.44 bits per heavy atom. The van der Waals surface area contributed by atoms with Crippen LogP contribution in [-0.2, 0) is 0 Å². The van der Waals surface area contributed by atoms with Crippen molar-refractivity contribution in [2.45, 2.75) is 13.3 Å². The number of rotatable bonds is 1. The Kier molecular flexibility index (Phi) is 3.63. The summed E-state index contributed by atoms with van der Waals surface area (Å²) in [6.07, 6.45) is 3.18. The zero-order chi connectivity index (χ0) is 11.5. The number of amides is 1. The molecule has 1 amide bonds. The number of halogens is 1. The standard InChI is InChI=1S/C13H14INO/c1-10-4-3-7-15(9-10)13(16)11-5-2-6-12(14)8-11/h2,4-6,8H,3,7,9H2,1H3. The van der Waals surface area contributed by atoms with E-state index in [1.54, 1.807) is 0 Å². The van der Waals surface area contributed by atoms with Gasteiger partial charge < -0.3 is 4.90 Å². The van der Waals surface area contributed by atoms with Gasteiger partial charge in [-0.25, -0.2) is 0 Å². The first-order valence-corrected chi connectivity index (χ1v) is 6.45. The Hall–Kier alpha value is -0.840. The maximum Gasteiger partial charge on any atom is 0.254 e. The first-order valence-electron chi connectivity index (χ1n) is 5.37. The van der Waals surface area contributed by atoms with Gasteiger partial charge in [-0.3, -0.25) is 4.79 Å². The normalized spacial score (nSPS) is 15.9. The van der Waals surface area contributed by atoms with Crippen LogP contribution in [-0.4, -0.2) is 23.9 Å². The van der Waals surface area contributed by atoms with Gasteiger partial charge in [-0.05, 0) is 54.1 Å². The molecule has 3 heteroatoms. The van der Waals surface area contributed by atoms with E-state index in [9.17, 15) is 4.79 Å². The van der Waals surface area contributed by atoms with Gasteiger partial charge >= 0.3 is 0 Å². The van der Waals surface area contributed by atoms with Crippen LogP contribution in [0, 0.1) is 3.57 Å². The van der Waals surface area contributed by atoms with Gasteiger partial charge in [0.15, 0.2) is 0 Å². The molecule has 0 saturated heterocycles. The number of benzene rings is 1. The number of nitrogens with zero attached hydrogens (tertiary/aromatic N) is 1. The van der Waals surface area contributed by atoms with Gasteiger partial charge in [0.25, 0.3) is 5.91 Å². The van der Waals surface area contributed by atoms with Gasteiger partial charge in [0.05, 0.1) is 0 Å². The van der Waals surface area contributed by atoms with Crippen LogP contribution in [0.2, 0.25) is 0 Å². The summed E-state index contributed by atoms with van der Waals surface area (Å²) in [7, 11) is 0. The monoisotopic (exact) mass is 327 g/mol. The molecule has 0 atom stereocenters. The predicted octanol–water partition coefficient (Wildman–Crippen LogP) is 3.08. The summed E-state index contributed by atoms with van der Waals surface area (Å²) < 4.78 is 1.10. The van der Waals surface area contributed by atoms with Crippen LogP contribution in [0.3, 0.4) is 0 Å². The number of carbonyl (C=O) groups excluding carboxylic acids is 1. The van der Waals surface area contributed by atoms with Crippen molar-refractivity contribution in [1.29, 1.82) is 0 Å². The molecule has 0 fully saturated rings. The number of hydrogen-bond acceptors (Lipinski definition) is 1. The molecule has 0 radical (unpaired) electrons. The SMILES string of the molecule is CC1=CCCN(C(=O)c2cccc(I)c2)C1. The molecule has 0 saturated carbocycles. The van der Waals surface area contributed by atoms with Crippen LogP contribution in [0.1, 0.15) is 23.7 Å². The van der Waals surface area contributed by atoms with Gasteiger partial charge in [-0.15, -0.1) is 0 Å². The van der Waals surface area contributed by atoms with Crippen LogP contribution >= 0.6 is 22.6 Å². The highest BCUT2D eigenvalue weighted by Crippen LogP contribution is 2.14. The minimum atomic E-state index is 0.144. The molecule has 0 spiro atoms. The Labute approximate surface area is 109 Å². The highest BCUT2D eigenvalue weighted by Gasteiger charge is 2.17. The molecule has 0 N–H and O–H groups in total. The van der Waals surface area contributed by atoms with E-state index < -0.39 is 0 Å². The summed E-state index contributed by atoms with van der Waals surface area (Å²) in [6.45, 7) is 3.68. The van der Waals surface area contributed by atoms with E-state index in [1.807, 2.05) is 29.2 Å². The van der Waals surface area contributed by atoms with Gasteiger partial charge in [0.1, 0.15) is 0 Å². The molecule has 1 aromatic rings. The van der Waals surface area contributed by atoms with Crippen molar-refractivity contribution in [2.24, 2.45) is 0 Å². The average Bonchev–Trinajstić information content (AvgIpc) is 2.28. The molecule has 1 aliphatic rings. The average molecular weight is 327 g/mol. The van der Waals surface area contributed by atoms with Crippen LogP contribution in [0.4, 0.5) is 0 Å². The van der Waals surface area contributed by atoms with Crippen molar-refractivity contribution in [1.82, 2.24) is 4.90 Å². The lowest BCUT2D eigenvalue weighted by Gasteiger charge is -2.26. The summed E-state index contributed by atoms with van der Waals surface area (Å²) in [5.41, 5.74) is 2.08. The minimum Gasteiger partial charge on any atom is -0.334 e. The van der Waals surface area contributed by atoms with E-state index >= 15 is 0 Å². The Bertz CT molecular complexity index is 439. The third-order valence-corrected chi connectivity index (χ3v) is 3.36. The Morgan fingerprint density at radius 3 is 2.94 bits per heavy atom. The summed E-state index contributed by atoms with van der Waals surface area (Å²) >= 11 is 2.23. The minimum absolute atomic E-state index is 0.144. The first-order chi connectivity index (χ1) is 7.66. The van der Waals surface area contributed by atoms with Crippen molar-refractivity contribution in [3.8, 4) is 0 Å². The molecule has 2 nitrogen and oxygen atoms in total. The van der Waals surface area contributed by atoms with Crippen molar-refractivity contribution < 1.29 is 4.79 Å². The third-order valence-electron chi connectivity index (χ3n) is 2.69. The molecule has 0 aromatic heterocycles. The fraction of sp³-hybridized carbons (Fsp3) is 0.308. The highest BCUT2D eigenvalue weighted by molar-refractivity contribution is 14.1. The lowest BCUT2D eigenvalue weighted by Crippen LogP contribution is -2.35. The maximum absolute atomic E-state index is 12.2. The second-order valence-corrected chi connectivity index (χ2v) is 5.32. The molecule has 0 bridgehead atoms. The Balaban J connectivity index is 2.16. The predicted molar refractivity (Wildman–Crippen MR) is 73.4 cm³/mol.